The van der Waals surface area contributed by atoms with E-state index < -0.39 is 31.4 Å². The minimum atomic E-state index is -4.60. The van der Waals surface area contributed by atoms with Crippen molar-refractivity contribution in [2.75, 3.05) is 6.16 Å². The van der Waals surface area contributed by atoms with E-state index in [1.807, 2.05) is 0 Å². The van der Waals surface area contributed by atoms with Gasteiger partial charge in [-0.3, -0.25) is 0 Å². The Morgan fingerprint density at radius 2 is 1.04 bits per heavy atom. The highest BCUT2D eigenvalue weighted by molar-refractivity contribution is 7.73. The minimum Gasteiger partial charge on any atom is -0.166 e. The van der Waals surface area contributed by atoms with Crippen LogP contribution in [0, 0.1) is 0 Å². The zero-order valence-corrected chi connectivity index (χ0v) is 12.9. The number of rotatable bonds is 3. The highest BCUT2D eigenvalue weighted by Gasteiger charge is 2.38. The van der Waals surface area contributed by atoms with Gasteiger partial charge < -0.3 is 0 Å². The van der Waals surface area contributed by atoms with Crippen molar-refractivity contribution in [3.8, 4) is 0 Å². The van der Waals surface area contributed by atoms with E-state index in [1.165, 1.54) is 36.4 Å². The second kappa shape index (κ2) is 6.52. The lowest BCUT2D eigenvalue weighted by Crippen LogP contribution is -2.26. The maximum absolute atomic E-state index is 13.2. The molecule has 0 amide bonds. The zero-order valence-electron chi connectivity index (χ0n) is 12.0. The molecule has 2 aromatic rings. The van der Waals surface area contributed by atoms with Crippen LogP contribution in [0.1, 0.15) is 18.1 Å². The summed E-state index contributed by atoms with van der Waals surface area (Å²) in [6.07, 6.45) is -9.01. The molecule has 0 heterocycles. The molecule has 0 atom stereocenters. The lowest BCUT2D eigenvalue weighted by atomic mass is 10.2. The highest BCUT2D eigenvalue weighted by Crippen LogP contribution is 2.42. The van der Waals surface area contributed by atoms with Gasteiger partial charge in [0.25, 0.3) is 0 Å². The van der Waals surface area contributed by atoms with Crippen LogP contribution in [0.4, 0.5) is 26.3 Å². The van der Waals surface area contributed by atoms with E-state index in [9.17, 15) is 26.3 Å². The molecule has 0 aliphatic rings. The van der Waals surface area contributed by atoms with Gasteiger partial charge in [-0.25, -0.2) is 0 Å². The van der Waals surface area contributed by atoms with Crippen molar-refractivity contribution in [2.45, 2.75) is 19.3 Å². The van der Waals surface area contributed by atoms with E-state index >= 15 is 0 Å². The Balaban J connectivity index is 2.64. The number of hydrogen-bond acceptors (Lipinski definition) is 0. The quantitative estimate of drug-likeness (QED) is 0.529. The van der Waals surface area contributed by atoms with E-state index in [4.69, 9.17) is 0 Å². The van der Waals surface area contributed by atoms with Crippen LogP contribution in [-0.4, -0.2) is 6.16 Å². The summed E-state index contributed by atoms with van der Waals surface area (Å²) in [5, 5.41) is -0.150. The molecule has 0 aromatic heterocycles. The van der Waals surface area contributed by atoms with Crippen LogP contribution in [0.25, 0.3) is 0 Å². The van der Waals surface area contributed by atoms with Crippen LogP contribution in [-0.2, 0) is 12.4 Å². The summed E-state index contributed by atoms with van der Waals surface area (Å²) in [5.41, 5.74) is -1.74. The first-order valence-electron chi connectivity index (χ1n) is 6.76. The van der Waals surface area contributed by atoms with Gasteiger partial charge in [0.05, 0.1) is 11.1 Å². The topological polar surface area (TPSA) is 0 Å². The molecule has 0 aliphatic heterocycles. The van der Waals surface area contributed by atoms with Gasteiger partial charge in [-0.1, -0.05) is 43.3 Å². The number of hydrogen-bond donors (Lipinski definition) is 0. The predicted octanol–water partition coefficient (Wildman–Crippen LogP) is 5.18. The molecule has 0 saturated heterocycles. The molecule has 0 aliphatic carbocycles. The van der Waals surface area contributed by atoms with E-state index in [1.54, 1.807) is 6.92 Å². The van der Waals surface area contributed by atoms with Gasteiger partial charge in [0, 0.05) is 0 Å². The molecule has 2 rings (SSSR count). The van der Waals surface area contributed by atoms with Gasteiger partial charge in [0.15, 0.2) is 0 Å². The monoisotopic (exact) mass is 350 g/mol. The lowest BCUT2D eigenvalue weighted by Gasteiger charge is -2.24. The van der Waals surface area contributed by atoms with Crippen LogP contribution in [0.15, 0.2) is 48.5 Å². The van der Waals surface area contributed by atoms with E-state index in [-0.39, 0.29) is 16.8 Å². The third kappa shape index (κ3) is 3.86. The summed E-state index contributed by atoms with van der Waals surface area (Å²) in [5.74, 6) is 0. The van der Waals surface area contributed by atoms with Crippen LogP contribution in [0.3, 0.4) is 0 Å². The summed E-state index contributed by atoms with van der Waals surface area (Å²) < 4.78 is 79.1. The third-order valence-electron chi connectivity index (χ3n) is 3.32. The normalized spacial score (nSPS) is 12.7. The molecule has 0 spiro atoms. The Hall–Kier alpha value is -1.55. The number of alkyl halides is 6. The molecular formula is C16H13F6P. The molecule has 0 nitrogen and oxygen atoms in total. The Labute approximate surface area is 130 Å². The molecule has 7 heteroatoms. The fourth-order valence-electron chi connectivity index (χ4n) is 2.37. The van der Waals surface area contributed by atoms with Crippen molar-refractivity contribution in [2.24, 2.45) is 0 Å². The first-order valence-corrected chi connectivity index (χ1v) is 8.29. The first-order chi connectivity index (χ1) is 10.7. The molecule has 0 radical (unpaired) electrons. The second-order valence-corrected chi connectivity index (χ2v) is 7.23. The Morgan fingerprint density at radius 1 is 0.696 bits per heavy atom. The minimum absolute atomic E-state index is 0.0748. The van der Waals surface area contributed by atoms with Gasteiger partial charge >= 0.3 is 12.4 Å². The Kier molecular flexibility index (Phi) is 5.04. The van der Waals surface area contributed by atoms with Crippen LogP contribution >= 0.6 is 7.92 Å². The van der Waals surface area contributed by atoms with Crippen molar-refractivity contribution in [3.05, 3.63) is 59.7 Å². The summed E-state index contributed by atoms with van der Waals surface area (Å²) in [6.45, 7) is 1.60. The van der Waals surface area contributed by atoms with Crippen LogP contribution in [0.5, 0.6) is 0 Å². The SMILES string of the molecule is CCP(c1ccccc1C(F)(F)F)c1ccccc1C(F)(F)F. The fourth-order valence-corrected chi connectivity index (χ4v) is 4.83. The van der Waals surface area contributed by atoms with Crippen LogP contribution < -0.4 is 10.6 Å². The molecule has 0 bridgehead atoms. The van der Waals surface area contributed by atoms with Gasteiger partial charge in [-0.2, -0.15) is 26.3 Å². The number of benzene rings is 2. The largest absolute Gasteiger partial charge is 0.417 e. The third-order valence-corrected chi connectivity index (χ3v) is 5.89. The average Bonchev–Trinajstić information content (AvgIpc) is 2.47. The fraction of sp³-hybridized carbons (Fsp3) is 0.250. The predicted molar refractivity (Wildman–Crippen MR) is 79.6 cm³/mol. The average molecular weight is 350 g/mol. The van der Waals surface area contributed by atoms with E-state index in [2.05, 4.69) is 0 Å². The van der Waals surface area contributed by atoms with Crippen molar-refractivity contribution in [1.82, 2.24) is 0 Å². The summed E-state index contributed by atoms with van der Waals surface area (Å²) in [4.78, 5) is 0. The zero-order chi connectivity index (χ0) is 17.3. The van der Waals surface area contributed by atoms with Gasteiger partial charge in [0.2, 0.25) is 0 Å². The van der Waals surface area contributed by atoms with E-state index in [0.717, 1.165) is 12.1 Å². The first kappa shape index (κ1) is 17.8. The molecular weight excluding hydrogens is 337 g/mol. The molecule has 124 valence electrons. The van der Waals surface area contributed by atoms with E-state index in [0.29, 0.717) is 0 Å². The van der Waals surface area contributed by atoms with Crippen molar-refractivity contribution >= 4 is 18.5 Å². The summed E-state index contributed by atoms with van der Waals surface area (Å²) in [7, 11) is -1.76. The molecule has 0 fully saturated rings. The van der Waals surface area contributed by atoms with Gasteiger partial charge in [-0.05, 0) is 36.8 Å². The Bertz CT molecular complexity index is 617. The smallest absolute Gasteiger partial charge is 0.166 e. The molecule has 0 unspecified atom stereocenters. The standard InChI is InChI=1S/C16H13F6P/c1-2-23(13-9-5-3-7-11(13)15(17,18)19)14-10-6-4-8-12(14)16(20,21)22/h3-10H,2H2,1H3. The molecule has 2 aromatic carbocycles. The number of halogens is 6. The summed E-state index contributed by atoms with van der Waals surface area (Å²) in [6, 6.07) is 9.69. The second-order valence-electron chi connectivity index (χ2n) is 4.77. The maximum Gasteiger partial charge on any atom is 0.417 e. The maximum atomic E-state index is 13.2. The molecule has 0 N–H and O–H groups in total. The van der Waals surface area contributed by atoms with Gasteiger partial charge in [0.1, 0.15) is 0 Å². The van der Waals surface area contributed by atoms with Gasteiger partial charge in [-0.15, -0.1) is 0 Å². The van der Waals surface area contributed by atoms with Crippen molar-refractivity contribution in [3.63, 3.8) is 0 Å². The summed E-state index contributed by atoms with van der Waals surface area (Å²) >= 11 is 0. The van der Waals surface area contributed by atoms with Crippen LogP contribution in [0.2, 0.25) is 0 Å². The Morgan fingerprint density at radius 3 is 1.35 bits per heavy atom. The molecule has 23 heavy (non-hydrogen) atoms. The van der Waals surface area contributed by atoms with Crippen molar-refractivity contribution < 1.29 is 26.3 Å². The molecule has 0 saturated carbocycles. The lowest BCUT2D eigenvalue weighted by molar-refractivity contribution is -0.137. The highest BCUT2D eigenvalue weighted by atomic mass is 31.1. The van der Waals surface area contributed by atoms with Crippen molar-refractivity contribution in [1.29, 1.82) is 0 Å².